The van der Waals surface area contributed by atoms with Crippen molar-refractivity contribution in [3.05, 3.63) is 72.3 Å². The predicted octanol–water partition coefficient (Wildman–Crippen LogP) is 4.08. The van der Waals surface area contributed by atoms with Crippen LogP contribution in [0.2, 0.25) is 0 Å². The Balaban J connectivity index is 1.82. The van der Waals surface area contributed by atoms with E-state index in [1.807, 2.05) is 24.3 Å². The number of hydrogen-bond acceptors (Lipinski definition) is 9. The Labute approximate surface area is 256 Å². The zero-order chi connectivity index (χ0) is 32.3. The molecule has 0 saturated carbocycles. The smallest absolute Gasteiger partial charge is 0.341 e. The number of hydrogen-bond donors (Lipinski definition) is 1. The van der Waals surface area contributed by atoms with Crippen LogP contribution in [0.1, 0.15) is 56.8 Å². The summed E-state index contributed by atoms with van der Waals surface area (Å²) in [5.74, 6) is -3.15. The quantitative estimate of drug-likeness (QED) is 0.178. The lowest BCUT2D eigenvalue weighted by Crippen LogP contribution is -2.53. The Kier molecular flexibility index (Phi) is 12.1. The number of ether oxygens (including phenoxy) is 4. The number of esters is 2. The lowest BCUT2D eigenvalue weighted by Gasteiger charge is -2.36. The molecule has 2 aromatic carbocycles. The maximum atomic E-state index is 13.7. The van der Waals surface area contributed by atoms with Crippen LogP contribution in [0.5, 0.6) is 11.5 Å². The molecular weight excluding hydrogens is 570 g/mol. The summed E-state index contributed by atoms with van der Waals surface area (Å²) in [6.45, 7) is 5.66. The van der Waals surface area contributed by atoms with Gasteiger partial charge in [0.1, 0.15) is 30.3 Å². The van der Waals surface area contributed by atoms with Crippen LogP contribution >= 0.6 is 0 Å². The number of piperidine rings is 1. The molecule has 1 N–H and O–H groups in total. The van der Waals surface area contributed by atoms with Crippen molar-refractivity contribution >= 4 is 29.6 Å². The highest BCUT2D eigenvalue weighted by molar-refractivity contribution is 6.38. The summed E-state index contributed by atoms with van der Waals surface area (Å²) in [4.78, 5) is 64.1. The Morgan fingerprint density at radius 2 is 1.80 bits per heavy atom. The summed E-state index contributed by atoms with van der Waals surface area (Å²) in [6.07, 6.45) is 2.65. The van der Waals surface area contributed by atoms with E-state index in [1.165, 1.54) is 18.7 Å². The number of carboxylic acid groups (broad SMARTS) is 1. The molecule has 236 valence electrons. The Bertz CT molecular complexity index is 1370. The molecule has 0 spiro atoms. The lowest BCUT2D eigenvalue weighted by atomic mass is 9.87. The number of benzene rings is 2. The number of aryl methyl sites for hydroxylation is 1. The van der Waals surface area contributed by atoms with Gasteiger partial charge in [0.2, 0.25) is 5.78 Å². The first-order chi connectivity index (χ1) is 20.9. The van der Waals surface area contributed by atoms with Gasteiger partial charge in [-0.05, 0) is 81.3 Å². The third kappa shape index (κ3) is 9.42. The van der Waals surface area contributed by atoms with Crippen molar-refractivity contribution in [3.63, 3.8) is 0 Å². The molecule has 0 unspecified atom stereocenters. The van der Waals surface area contributed by atoms with E-state index >= 15 is 0 Å². The summed E-state index contributed by atoms with van der Waals surface area (Å²) in [6, 6.07) is 13.1. The SMILES string of the molecule is C=CC(=O)OCC(C)(C)C(=O)C(=O)N1CCCC[C@H]1C(=O)O[C@H](CCc1cccc(OC)c1)c1cccc(OCC(=O)O)c1. The summed E-state index contributed by atoms with van der Waals surface area (Å²) >= 11 is 0. The van der Waals surface area contributed by atoms with Gasteiger partial charge >= 0.3 is 17.9 Å². The first-order valence-corrected chi connectivity index (χ1v) is 14.4. The molecule has 0 aliphatic carbocycles. The van der Waals surface area contributed by atoms with E-state index in [1.54, 1.807) is 31.4 Å². The van der Waals surface area contributed by atoms with Gasteiger partial charge in [-0.2, -0.15) is 0 Å². The molecule has 0 bridgehead atoms. The van der Waals surface area contributed by atoms with Crippen LogP contribution in [0, 0.1) is 5.41 Å². The Hall–Kier alpha value is -4.67. The fraction of sp³-hybridized carbons (Fsp3) is 0.424. The van der Waals surface area contributed by atoms with Gasteiger partial charge in [0.25, 0.3) is 5.91 Å². The highest BCUT2D eigenvalue weighted by Gasteiger charge is 2.42. The van der Waals surface area contributed by atoms with Crippen LogP contribution in [-0.4, -0.2) is 72.5 Å². The standard InChI is InChI=1S/C33H39NO10/c1-5-29(37)43-21-33(2,3)30(38)31(39)34-17-7-6-14-26(34)32(40)44-27(16-15-22-10-8-12-24(18-22)41-4)23-11-9-13-25(19-23)42-20-28(35)36/h5,8-13,18-19,26-27H,1,6-7,14-17,20-21H2,2-4H3,(H,35,36)/t26-,27+/m0/s1. The van der Waals surface area contributed by atoms with Crippen LogP contribution in [0.25, 0.3) is 0 Å². The molecule has 1 aliphatic rings. The van der Waals surface area contributed by atoms with E-state index < -0.39 is 53.8 Å². The number of carbonyl (C=O) groups is 5. The molecule has 44 heavy (non-hydrogen) atoms. The van der Waals surface area contributed by atoms with Crippen molar-refractivity contribution in [2.45, 2.75) is 58.1 Å². The zero-order valence-corrected chi connectivity index (χ0v) is 25.3. The van der Waals surface area contributed by atoms with Gasteiger partial charge in [-0.3, -0.25) is 9.59 Å². The molecule has 1 amide bonds. The fourth-order valence-corrected chi connectivity index (χ4v) is 4.80. The summed E-state index contributed by atoms with van der Waals surface area (Å²) < 4.78 is 21.7. The number of ketones is 1. The Morgan fingerprint density at radius 3 is 2.50 bits per heavy atom. The van der Waals surface area contributed by atoms with Crippen molar-refractivity contribution in [1.29, 1.82) is 0 Å². The number of methoxy groups -OCH3 is 1. The zero-order valence-electron chi connectivity index (χ0n) is 25.3. The molecule has 11 nitrogen and oxygen atoms in total. The molecule has 1 fully saturated rings. The topological polar surface area (TPSA) is 146 Å². The van der Waals surface area contributed by atoms with Gasteiger partial charge in [0.05, 0.1) is 12.5 Å². The number of likely N-dealkylation sites (tertiary alicyclic amines) is 1. The molecule has 1 heterocycles. The van der Waals surface area contributed by atoms with E-state index in [2.05, 4.69) is 6.58 Å². The Morgan fingerprint density at radius 1 is 1.07 bits per heavy atom. The van der Waals surface area contributed by atoms with Crippen LogP contribution in [0.3, 0.4) is 0 Å². The van der Waals surface area contributed by atoms with Crippen molar-refractivity contribution in [1.82, 2.24) is 4.90 Å². The molecule has 3 rings (SSSR count). The van der Waals surface area contributed by atoms with Gasteiger partial charge < -0.3 is 29.0 Å². The van der Waals surface area contributed by atoms with E-state index in [9.17, 15) is 24.0 Å². The molecule has 2 aromatic rings. The number of Topliss-reactive ketones (excluding diaryl/α,β-unsaturated/α-hetero) is 1. The molecular formula is C33H39NO10. The number of carboxylic acids is 1. The third-order valence-electron chi connectivity index (χ3n) is 7.27. The van der Waals surface area contributed by atoms with Crippen molar-refractivity contribution < 1.29 is 48.0 Å². The van der Waals surface area contributed by atoms with E-state index in [4.69, 9.17) is 24.1 Å². The van der Waals surface area contributed by atoms with Gasteiger partial charge in [0, 0.05) is 12.6 Å². The highest BCUT2D eigenvalue weighted by atomic mass is 16.5. The third-order valence-corrected chi connectivity index (χ3v) is 7.27. The average Bonchev–Trinajstić information content (AvgIpc) is 3.03. The molecule has 0 aromatic heterocycles. The van der Waals surface area contributed by atoms with Crippen LogP contribution in [0.4, 0.5) is 0 Å². The molecule has 11 heteroatoms. The minimum absolute atomic E-state index is 0.194. The number of rotatable bonds is 15. The molecule has 2 atom stereocenters. The maximum absolute atomic E-state index is 13.7. The second-order valence-electron chi connectivity index (χ2n) is 11.1. The van der Waals surface area contributed by atoms with Gasteiger partial charge in [0.15, 0.2) is 6.61 Å². The first-order valence-electron chi connectivity index (χ1n) is 14.4. The van der Waals surface area contributed by atoms with Gasteiger partial charge in [-0.25, -0.2) is 14.4 Å². The number of amides is 1. The molecule has 1 aliphatic heterocycles. The number of nitrogens with zero attached hydrogens (tertiary/aromatic N) is 1. The van der Waals surface area contributed by atoms with Crippen LogP contribution in [-0.2, 0) is 39.9 Å². The van der Waals surface area contributed by atoms with E-state index in [0.29, 0.717) is 49.2 Å². The summed E-state index contributed by atoms with van der Waals surface area (Å²) in [5.41, 5.74) is 0.208. The second kappa shape index (κ2) is 15.7. The number of carbonyl (C=O) groups excluding carboxylic acids is 4. The van der Waals surface area contributed by atoms with E-state index in [-0.39, 0.29) is 13.2 Å². The van der Waals surface area contributed by atoms with Crippen molar-refractivity contribution in [2.75, 3.05) is 26.9 Å². The number of aliphatic carboxylic acids is 1. The fourth-order valence-electron chi connectivity index (χ4n) is 4.80. The van der Waals surface area contributed by atoms with Gasteiger partial charge in [-0.1, -0.05) is 30.8 Å². The van der Waals surface area contributed by atoms with Crippen LogP contribution < -0.4 is 9.47 Å². The van der Waals surface area contributed by atoms with Crippen molar-refractivity contribution in [3.8, 4) is 11.5 Å². The summed E-state index contributed by atoms with van der Waals surface area (Å²) in [5, 5.41) is 9.01. The van der Waals surface area contributed by atoms with Crippen LogP contribution in [0.15, 0.2) is 61.2 Å². The average molecular weight is 610 g/mol. The highest BCUT2D eigenvalue weighted by Crippen LogP contribution is 2.30. The normalized spacial score (nSPS) is 15.4. The van der Waals surface area contributed by atoms with E-state index in [0.717, 1.165) is 11.6 Å². The summed E-state index contributed by atoms with van der Waals surface area (Å²) in [7, 11) is 1.57. The predicted molar refractivity (Wildman–Crippen MR) is 159 cm³/mol. The minimum atomic E-state index is -1.32. The first kappa shape index (κ1) is 33.8. The monoisotopic (exact) mass is 609 g/mol. The lowest BCUT2D eigenvalue weighted by molar-refractivity contribution is -0.165. The molecule has 0 radical (unpaired) electrons. The second-order valence-corrected chi connectivity index (χ2v) is 11.1. The molecule has 1 saturated heterocycles. The van der Waals surface area contributed by atoms with Crippen molar-refractivity contribution in [2.24, 2.45) is 5.41 Å². The maximum Gasteiger partial charge on any atom is 0.341 e. The minimum Gasteiger partial charge on any atom is -0.497 e. The largest absolute Gasteiger partial charge is 0.497 e. The van der Waals surface area contributed by atoms with Gasteiger partial charge in [-0.15, -0.1) is 0 Å².